The summed E-state index contributed by atoms with van der Waals surface area (Å²) in [7, 11) is 3.30. The maximum Gasteiger partial charge on any atom is 0.245 e. The van der Waals surface area contributed by atoms with Crippen molar-refractivity contribution in [2.75, 3.05) is 33.8 Å². The Labute approximate surface area is 271 Å². The van der Waals surface area contributed by atoms with Crippen molar-refractivity contribution >= 4 is 34.8 Å². The second-order valence-corrected chi connectivity index (χ2v) is 13.3. The van der Waals surface area contributed by atoms with Crippen LogP contribution in [0.1, 0.15) is 38.8 Å². The summed E-state index contributed by atoms with van der Waals surface area (Å²) in [5.74, 6) is -0.00851. The summed E-state index contributed by atoms with van der Waals surface area (Å²) in [5, 5.41) is 8.08. The molecule has 10 heteroatoms. The molecule has 2 saturated heterocycles. The number of likely N-dealkylation sites (N-methyl/N-ethyl adjacent to an activating group) is 1. The van der Waals surface area contributed by atoms with Crippen LogP contribution in [0, 0.1) is 5.41 Å². The zero-order valence-electron chi connectivity index (χ0n) is 27.6. The highest BCUT2D eigenvalue weighted by atomic mass is 16.5. The van der Waals surface area contributed by atoms with Crippen molar-refractivity contribution in [3.05, 3.63) is 77.9 Å². The van der Waals surface area contributed by atoms with Crippen LogP contribution < -0.4 is 15.4 Å². The number of rotatable bonds is 11. The third kappa shape index (κ3) is 6.11. The maximum atomic E-state index is 14.3. The van der Waals surface area contributed by atoms with Crippen LogP contribution in [0.4, 0.5) is 0 Å². The molecule has 2 unspecified atom stereocenters. The second-order valence-electron chi connectivity index (χ2n) is 13.3. The predicted molar refractivity (Wildman–Crippen MR) is 177 cm³/mol. The van der Waals surface area contributed by atoms with E-state index in [1.165, 1.54) is 0 Å². The Morgan fingerprint density at radius 1 is 1.04 bits per heavy atom. The number of hydrogen-bond donors (Lipinski definition) is 2. The van der Waals surface area contributed by atoms with E-state index in [2.05, 4.69) is 16.7 Å². The standard InChI is InChI=1S/C36H45N5O5/c1-24(37-5)33(44)38-36(23-42,35(2,3)4)40-22-32(43)41-29(20-25-15-16-26-11-7-8-13-28(26)19-25)34(45)39(21-31(40)41)18-17-27-12-9-10-14-30(27)46-6/h7-16,19,23-24,29,31,37H,17-18,20-22H2,1-6H3,(H,38,44)/t24?,29-,31+,36?/m0/s1. The normalized spacial score (nSPS) is 20.7. The molecule has 2 fully saturated rings. The zero-order valence-corrected chi connectivity index (χ0v) is 27.6. The summed E-state index contributed by atoms with van der Waals surface area (Å²) in [5.41, 5.74) is -0.420. The van der Waals surface area contributed by atoms with E-state index in [0.717, 1.165) is 33.9 Å². The van der Waals surface area contributed by atoms with Gasteiger partial charge in [-0.05, 0) is 48.4 Å². The van der Waals surface area contributed by atoms with Gasteiger partial charge in [-0.15, -0.1) is 0 Å². The van der Waals surface area contributed by atoms with Crippen molar-refractivity contribution < 1.29 is 23.9 Å². The molecule has 2 heterocycles. The summed E-state index contributed by atoms with van der Waals surface area (Å²) >= 11 is 0. The van der Waals surface area contributed by atoms with Gasteiger partial charge in [-0.25, -0.2) is 4.90 Å². The Morgan fingerprint density at radius 3 is 2.41 bits per heavy atom. The summed E-state index contributed by atoms with van der Waals surface area (Å²) in [6, 6.07) is 20.5. The van der Waals surface area contributed by atoms with Crippen LogP contribution in [0.5, 0.6) is 5.75 Å². The quantitative estimate of drug-likeness (QED) is 0.315. The molecular weight excluding hydrogens is 582 g/mol. The van der Waals surface area contributed by atoms with Gasteiger partial charge in [0.25, 0.3) is 0 Å². The lowest BCUT2D eigenvalue weighted by molar-refractivity contribution is -0.160. The van der Waals surface area contributed by atoms with Gasteiger partial charge in [0.15, 0.2) is 11.9 Å². The number of para-hydroxylation sites is 1. The Hall–Kier alpha value is -4.28. The summed E-state index contributed by atoms with van der Waals surface area (Å²) in [6.07, 6.45) is 0.978. The molecule has 3 aromatic rings. The lowest BCUT2D eigenvalue weighted by Crippen LogP contribution is -2.74. The van der Waals surface area contributed by atoms with Crippen molar-refractivity contribution in [3.63, 3.8) is 0 Å². The number of fused-ring (bicyclic) bond motifs is 2. The van der Waals surface area contributed by atoms with Crippen LogP contribution in [0.25, 0.3) is 10.8 Å². The predicted octanol–water partition coefficient (Wildman–Crippen LogP) is 2.98. The molecule has 5 rings (SSSR count). The minimum atomic E-state index is -1.52. The first-order chi connectivity index (χ1) is 21.9. The molecule has 3 aromatic carbocycles. The van der Waals surface area contributed by atoms with Gasteiger partial charge in [-0.1, -0.05) is 81.4 Å². The number of hydrogen-bond acceptors (Lipinski definition) is 7. The first-order valence-corrected chi connectivity index (χ1v) is 15.9. The molecule has 4 atom stereocenters. The average Bonchev–Trinajstić information content (AvgIpc) is 3.38. The van der Waals surface area contributed by atoms with E-state index in [-0.39, 0.29) is 30.8 Å². The monoisotopic (exact) mass is 627 g/mol. The number of piperazine rings is 1. The number of ether oxygens (including phenoxy) is 1. The molecule has 0 saturated carbocycles. The number of methoxy groups -OCH3 is 1. The molecule has 0 bridgehead atoms. The van der Waals surface area contributed by atoms with Crippen molar-refractivity contribution in [1.29, 1.82) is 0 Å². The number of nitrogens with one attached hydrogen (secondary N) is 2. The lowest BCUT2D eigenvalue weighted by atomic mass is 9.79. The number of amides is 3. The number of nitrogens with zero attached hydrogens (tertiary/aromatic N) is 3. The smallest absolute Gasteiger partial charge is 0.245 e. The largest absolute Gasteiger partial charge is 0.496 e. The molecule has 0 aliphatic carbocycles. The van der Waals surface area contributed by atoms with Crippen LogP contribution in [-0.4, -0.2) is 96.4 Å². The van der Waals surface area contributed by atoms with Gasteiger partial charge in [-0.2, -0.15) is 0 Å². The van der Waals surface area contributed by atoms with E-state index in [9.17, 15) is 19.2 Å². The molecule has 2 aliphatic rings. The molecule has 244 valence electrons. The first-order valence-electron chi connectivity index (χ1n) is 15.9. The Kier molecular flexibility index (Phi) is 9.51. The van der Waals surface area contributed by atoms with Gasteiger partial charge < -0.3 is 25.2 Å². The van der Waals surface area contributed by atoms with Gasteiger partial charge in [0, 0.05) is 18.4 Å². The van der Waals surface area contributed by atoms with Gasteiger partial charge in [0.2, 0.25) is 17.7 Å². The van der Waals surface area contributed by atoms with Crippen molar-refractivity contribution in [2.24, 2.45) is 5.41 Å². The molecule has 0 aromatic heterocycles. The molecule has 0 radical (unpaired) electrons. The topological polar surface area (TPSA) is 111 Å². The molecule has 3 amide bonds. The maximum absolute atomic E-state index is 14.3. The Morgan fingerprint density at radius 2 is 1.74 bits per heavy atom. The highest BCUT2D eigenvalue weighted by Gasteiger charge is 2.59. The fourth-order valence-corrected chi connectivity index (χ4v) is 6.73. The van der Waals surface area contributed by atoms with Gasteiger partial charge in [-0.3, -0.25) is 19.2 Å². The number of benzene rings is 3. The van der Waals surface area contributed by atoms with E-state index < -0.39 is 29.3 Å². The van der Waals surface area contributed by atoms with E-state index in [4.69, 9.17) is 4.74 Å². The van der Waals surface area contributed by atoms with E-state index >= 15 is 0 Å². The third-order valence-corrected chi connectivity index (χ3v) is 9.58. The van der Waals surface area contributed by atoms with Crippen molar-refractivity contribution in [2.45, 2.75) is 64.4 Å². The summed E-state index contributed by atoms with van der Waals surface area (Å²) < 4.78 is 5.56. The van der Waals surface area contributed by atoms with Gasteiger partial charge >= 0.3 is 0 Å². The van der Waals surface area contributed by atoms with Crippen molar-refractivity contribution in [3.8, 4) is 5.75 Å². The highest BCUT2D eigenvalue weighted by molar-refractivity contribution is 5.93. The van der Waals surface area contributed by atoms with E-state index in [0.29, 0.717) is 19.4 Å². The van der Waals surface area contributed by atoms with Crippen molar-refractivity contribution in [1.82, 2.24) is 25.3 Å². The van der Waals surface area contributed by atoms with Gasteiger partial charge in [0.1, 0.15) is 18.0 Å². The van der Waals surface area contributed by atoms with Crippen LogP contribution in [0.15, 0.2) is 66.7 Å². The second kappa shape index (κ2) is 13.2. The minimum Gasteiger partial charge on any atom is -0.496 e. The number of carbonyl (C=O) groups is 4. The minimum absolute atomic E-state index is 0.114. The third-order valence-electron chi connectivity index (χ3n) is 9.58. The average molecular weight is 628 g/mol. The van der Waals surface area contributed by atoms with Crippen LogP contribution in [0.3, 0.4) is 0 Å². The van der Waals surface area contributed by atoms with E-state index in [1.54, 1.807) is 35.8 Å². The highest BCUT2D eigenvalue weighted by Crippen LogP contribution is 2.39. The fourth-order valence-electron chi connectivity index (χ4n) is 6.73. The van der Waals surface area contributed by atoms with Gasteiger partial charge in [0.05, 0.1) is 26.2 Å². The van der Waals surface area contributed by atoms with E-state index in [1.807, 2.05) is 81.4 Å². The molecular formula is C36H45N5O5. The molecule has 2 aliphatic heterocycles. The SMILES string of the molecule is CNC(C)C(=O)NC(C=O)(N1CC(=O)N2[C@@H](Cc3ccc4ccccc4c3)C(=O)N(CCc3ccccc3OC)C[C@@H]21)C(C)(C)C. The lowest BCUT2D eigenvalue weighted by Gasteiger charge is -2.52. The number of aldehydes is 1. The Balaban J connectivity index is 1.55. The number of carbonyl (C=O) groups excluding carboxylic acids is 4. The first kappa shape index (κ1) is 33.1. The summed E-state index contributed by atoms with van der Waals surface area (Å²) in [4.78, 5) is 60.0. The molecule has 46 heavy (non-hydrogen) atoms. The molecule has 0 spiro atoms. The summed E-state index contributed by atoms with van der Waals surface area (Å²) in [6.45, 7) is 7.81. The fraction of sp³-hybridized carbons (Fsp3) is 0.444. The van der Waals surface area contributed by atoms with Crippen LogP contribution >= 0.6 is 0 Å². The molecule has 10 nitrogen and oxygen atoms in total. The van der Waals surface area contributed by atoms with Crippen LogP contribution in [-0.2, 0) is 32.0 Å². The van der Waals surface area contributed by atoms with Crippen LogP contribution in [0.2, 0.25) is 0 Å². The Bertz CT molecular complexity index is 1620. The molecule has 2 N–H and O–H groups in total. The zero-order chi connectivity index (χ0) is 33.2.